The molecule has 0 atom stereocenters. The number of aromatic amines is 1. The largest absolute Gasteiger partial charge is 0.315 e. The Morgan fingerprint density at radius 2 is 2.24 bits per heavy atom. The Kier molecular flexibility index (Phi) is 4.47. The van der Waals surface area contributed by atoms with Crippen LogP contribution in [0.3, 0.4) is 0 Å². The zero-order valence-electron chi connectivity index (χ0n) is 12.1. The number of hydrogen-bond donors (Lipinski definition) is 2. The van der Waals surface area contributed by atoms with E-state index in [2.05, 4.69) is 15.5 Å². The molecule has 2 heterocycles. The quantitative estimate of drug-likeness (QED) is 0.910. The fraction of sp³-hybridized carbons (Fsp3) is 0.357. The summed E-state index contributed by atoms with van der Waals surface area (Å²) < 4.78 is 1.52. The summed E-state index contributed by atoms with van der Waals surface area (Å²) in [6.07, 6.45) is 1.67. The third-order valence-corrected chi connectivity index (χ3v) is 3.39. The number of pyridine rings is 1. The SMILES string of the molecule is Cc1[nH]nc(NC(=O)c2cccn(CC(C)C)c2=O)c1Cl. The smallest absolute Gasteiger partial charge is 0.263 e. The zero-order valence-corrected chi connectivity index (χ0v) is 12.9. The average Bonchev–Trinajstić information content (AvgIpc) is 2.72. The van der Waals surface area contributed by atoms with Crippen LogP contribution in [0.25, 0.3) is 0 Å². The van der Waals surface area contributed by atoms with E-state index >= 15 is 0 Å². The second kappa shape index (κ2) is 6.13. The summed E-state index contributed by atoms with van der Waals surface area (Å²) in [5, 5.41) is 9.43. The molecule has 0 radical (unpaired) electrons. The van der Waals surface area contributed by atoms with Gasteiger partial charge in [-0.15, -0.1) is 0 Å². The van der Waals surface area contributed by atoms with E-state index in [0.717, 1.165) is 0 Å². The van der Waals surface area contributed by atoms with Crippen LogP contribution in [0.5, 0.6) is 0 Å². The fourth-order valence-corrected chi connectivity index (χ4v) is 2.05. The Labute approximate surface area is 127 Å². The van der Waals surface area contributed by atoms with Crippen molar-refractivity contribution in [3.05, 3.63) is 45.0 Å². The Balaban J connectivity index is 2.28. The third-order valence-electron chi connectivity index (χ3n) is 2.93. The number of anilines is 1. The van der Waals surface area contributed by atoms with Crippen molar-refractivity contribution in [2.75, 3.05) is 5.32 Å². The summed E-state index contributed by atoms with van der Waals surface area (Å²) in [4.78, 5) is 24.5. The minimum Gasteiger partial charge on any atom is -0.315 e. The van der Waals surface area contributed by atoms with Crippen LogP contribution in [0.1, 0.15) is 29.9 Å². The molecule has 0 saturated heterocycles. The van der Waals surface area contributed by atoms with E-state index in [1.807, 2.05) is 13.8 Å². The van der Waals surface area contributed by atoms with Crippen molar-refractivity contribution in [1.82, 2.24) is 14.8 Å². The molecule has 2 aromatic heterocycles. The molecule has 0 aromatic carbocycles. The van der Waals surface area contributed by atoms with Gasteiger partial charge in [-0.25, -0.2) is 0 Å². The van der Waals surface area contributed by atoms with E-state index in [4.69, 9.17) is 11.6 Å². The van der Waals surface area contributed by atoms with Crippen LogP contribution in [0, 0.1) is 12.8 Å². The van der Waals surface area contributed by atoms with Gasteiger partial charge in [0.1, 0.15) is 10.6 Å². The number of carbonyl (C=O) groups is 1. The number of carbonyl (C=O) groups excluding carboxylic acids is 1. The van der Waals surface area contributed by atoms with Crippen LogP contribution < -0.4 is 10.9 Å². The number of amides is 1. The van der Waals surface area contributed by atoms with Gasteiger partial charge in [0.05, 0.1) is 5.69 Å². The number of aromatic nitrogens is 3. The molecule has 0 aliphatic rings. The van der Waals surface area contributed by atoms with Crippen LogP contribution in [0.15, 0.2) is 23.1 Å². The van der Waals surface area contributed by atoms with Crippen molar-refractivity contribution in [3.63, 3.8) is 0 Å². The van der Waals surface area contributed by atoms with Crippen LogP contribution >= 0.6 is 11.6 Å². The van der Waals surface area contributed by atoms with E-state index in [0.29, 0.717) is 23.2 Å². The van der Waals surface area contributed by atoms with E-state index in [1.165, 1.54) is 10.6 Å². The van der Waals surface area contributed by atoms with E-state index in [-0.39, 0.29) is 16.9 Å². The monoisotopic (exact) mass is 308 g/mol. The molecule has 0 saturated carbocycles. The lowest BCUT2D eigenvalue weighted by Crippen LogP contribution is -2.29. The van der Waals surface area contributed by atoms with Gasteiger partial charge in [-0.3, -0.25) is 14.7 Å². The van der Waals surface area contributed by atoms with Gasteiger partial charge in [-0.1, -0.05) is 25.4 Å². The minimum absolute atomic E-state index is 0.0647. The third kappa shape index (κ3) is 3.33. The predicted molar refractivity (Wildman–Crippen MR) is 81.8 cm³/mol. The van der Waals surface area contributed by atoms with Gasteiger partial charge < -0.3 is 9.88 Å². The highest BCUT2D eigenvalue weighted by Crippen LogP contribution is 2.22. The maximum absolute atomic E-state index is 12.3. The van der Waals surface area contributed by atoms with Gasteiger partial charge in [0, 0.05) is 12.7 Å². The number of rotatable bonds is 4. The molecule has 112 valence electrons. The van der Waals surface area contributed by atoms with Crippen molar-refractivity contribution in [2.45, 2.75) is 27.3 Å². The normalized spacial score (nSPS) is 10.9. The first-order chi connectivity index (χ1) is 9.90. The maximum atomic E-state index is 12.3. The van der Waals surface area contributed by atoms with Crippen LogP contribution in [0.4, 0.5) is 5.82 Å². The summed E-state index contributed by atoms with van der Waals surface area (Å²) in [5.41, 5.74) is 0.388. The predicted octanol–water partition coefficient (Wildman–Crippen LogP) is 2.44. The molecule has 21 heavy (non-hydrogen) atoms. The zero-order chi connectivity index (χ0) is 15.6. The van der Waals surface area contributed by atoms with Crippen molar-refractivity contribution >= 4 is 23.3 Å². The summed E-state index contributed by atoms with van der Waals surface area (Å²) >= 11 is 5.99. The first kappa shape index (κ1) is 15.3. The molecule has 0 spiro atoms. The molecule has 6 nitrogen and oxygen atoms in total. The number of nitrogens with one attached hydrogen (secondary N) is 2. The summed E-state index contributed by atoms with van der Waals surface area (Å²) in [7, 11) is 0. The average molecular weight is 309 g/mol. The number of H-pyrrole nitrogens is 1. The lowest BCUT2D eigenvalue weighted by atomic mass is 10.2. The molecular weight excluding hydrogens is 292 g/mol. The highest BCUT2D eigenvalue weighted by molar-refractivity contribution is 6.34. The molecule has 2 rings (SSSR count). The standard InChI is InChI=1S/C14H17ClN4O2/c1-8(2)7-19-6-4-5-10(14(19)21)13(20)16-12-11(15)9(3)17-18-12/h4-6,8H,7H2,1-3H3,(H2,16,17,18,20). The first-order valence-corrected chi connectivity index (χ1v) is 6.99. The summed E-state index contributed by atoms with van der Waals surface area (Å²) in [6.45, 7) is 6.31. The number of aryl methyl sites for hydroxylation is 1. The second-order valence-electron chi connectivity index (χ2n) is 5.24. The number of halogens is 1. The topological polar surface area (TPSA) is 79.8 Å². The molecule has 2 aromatic rings. The maximum Gasteiger partial charge on any atom is 0.263 e. The molecule has 0 aliphatic carbocycles. The second-order valence-corrected chi connectivity index (χ2v) is 5.62. The fourth-order valence-electron chi connectivity index (χ4n) is 1.92. The van der Waals surface area contributed by atoms with Gasteiger partial charge in [0.2, 0.25) is 0 Å². The molecule has 0 fully saturated rings. The molecule has 2 N–H and O–H groups in total. The lowest BCUT2D eigenvalue weighted by Gasteiger charge is -2.10. The lowest BCUT2D eigenvalue weighted by molar-refractivity contribution is 0.102. The van der Waals surface area contributed by atoms with Crippen molar-refractivity contribution < 1.29 is 4.79 Å². The van der Waals surface area contributed by atoms with Gasteiger partial charge >= 0.3 is 0 Å². The van der Waals surface area contributed by atoms with Gasteiger partial charge in [0.15, 0.2) is 5.82 Å². The summed E-state index contributed by atoms with van der Waals surface area (Å²) in [5.74, 6) is 0.00813. The molecule has 0 aliphatic heterocycles. The van der Waals surface area contributed by atoms with Crippen LogP contribution in [0.2, 0.25) is 5.02 Å². The van der Waals surface area contributed by atoms with E-state index in [1.54, 1.807) is 19.2 Å². The number of hydrogen-bond acceptors (Lipinski definition) is 3. The molecule has 7 heteroatoms. The van der Waals surface area contributed by atoms with Crippen LogP contribution in [-0.2, 0) is 6.54 Å². The highest BCUT2D eigenvalue weighted by atomic mass is 35.5. The Morgan fingerprint density at radius 1 is 1.52 bits per heavy atom. The summed E-state index contributed by atoms with van der Waals surface area (Å²) in [6, 6.07) is 3.16. The van der Waals surface area contributed by atoms with Crippen LogP contribution in [-0.4, -0.2) is 20.7 Å². The molecule has 0 unspecified atom stereocenters. The van der Waals surface area contributed by atoms with Crippen molar-refractivity contribution in [1.29, 1.82) is 0 Å². The van der Waals surface area contributed by atoms with Crippen molar-refractivity contribution in [2.24, 2.45) is 5.92 Å². The van der Waals surface area contributed by atoms with E-state index < -0.39 is 5.91 Å². The van der Waals surface area contributed by atoms with E-state index in [9.17, 15) is 9.59 Å². The highest BCUT2D eigenvalue weighted by Gasteiger charge is 2.16. The van der Waals surface area contributed by atoms with Gasteiger partial charge in [0.25, 0.3) is 11.5 Å². The van der Waals surface area contributed by atoms with Crippen molar-refractivity contribution in [3.8, 4) is 0 Å². The van der Waals surface area contributed by atoms with Gasteiger partial charge in [-0.05, 0) is 25.0 Å². The number of nitrogens with zero attached hydrogens (tertiary/aromatic N) is 2. The Hall–Kier alpha value is -2.08. The molecule has 0 bridgehead atoms. The first-order valence-electron chi connectivity index (χ1n) is 6.61. The molecule has 1 amide bonds. The minimum atomic E-state index is -0.522. The van der Waals surface area contributed by atoms with Gasteiger partial charge in [-0.2, -0.15) is 5.10 Å². The Bertz CT molecular complexity index is 718. The molecular formula is C14H17ClN4O2. The Morgan fingerprint density at radius 3 is 2.81 bits per heavy atom.